The third kappa shape index (κ3) is 2.69. The van der Waals surface area contributed by atoms with E-state index in [1.165, 1.54) is 20.0 Å². The third-order valence-corrected chi connectivity index (χ3v) is 5.36. The third-order valence-electron chi connectivity index (χ3n) is 4.05. The van der Waals surface area contributed by atoms with Crippen molar-refractivity contribution in [1.29, 1.82) is 0 Å². The zero-order valence-corrected chi connectivity index (χ0v) is 12.7. The standard InChI is InChI=1S/C13H20N4O2S/c1-17-8-14-16-12(17)20-10-5-6-13(7-10,11(18)19-2)15-9-3-4-9/h8-10,15H,3-7H2,1-2H3. The van der Waals surface area contributed by atoms with Gasteiger partial charge in [0.15, 0.2) is 5.16 Å². The van der Waals surface area contributed by atoms with Crippen LogP contribution in [-0.4, -0.2) is 44.7 Å². The molecule has 0 aromatic carbocycles. The molecule has 110 valence electrons. The van der Waals surface area contributed by atoms with E-state index >= 15 is 0 Å². The molecular formula is C13H20N4O2S. The van der Waals surface area contributed by atoms with Gasteiger partial charge in [-0.15, -0.1) is 10.2 Å². The van der Waals surface area contributed by atoms with Gasteiger partial charge >= 0.3 is 5.97 Å². The van der Waals surface area contributed by atoms with E-state index in [0.29, 0.717) is 11.3 Å². The molecule has 0 bridgehead atoms. The molecule has 0 saturated heterocycles. The number of nitrogens with zero attached hydrogens (tertiary/aromatic N) is 3. The summed E-state index contributed by atoms with van der Waals surface area (Å²) in [7, 11) is 3.41. The normalized spacial score (nSPS) is 29.6. The Kier molecular flexibility index (Phi) is 3.72. The molecule has 2 atom stereocenters. The Balaban J connectivity index is 1.68. The highest BCUT2D eigenvalue weighted by Gasteiger charge is 2.49. The summed E-state index contributed by atoms with van der Waals surface area (Å²) in [6.45, 7) is 0. The van der Waals surface area contributed by atoms with Crippen LogP contribution < -0.4 is 5.32 Å². The lowest BCUT2D eigenvalue weighted by atomic mass is 9.97. The predicted molar refractivity (Wildman–Crippen MR) is 75.4 cm³/mol. The van der Waals surface area contributed by atoms with Crippen molar-refractivity contribution in [2.24, 2.45) is 7.05 Å². The molecular weight excluding hydrogens is 276 g/mol. The summed E-state index contributed by atoms with van der Waals surface area (Å²) in [5, 5.41) is 12.8. The first kappa shape index (κ1) is 13.9. The van der Waals surface area contributed by atoms with Gasteiger partial charge in [0.25, 0.3) is 0 Å². The molecule has 2 aliphatic rings. The van der Waals surface area contributed by atoms with Gasteiger partial charge in [0, 0.05) is 18.3 Å². The maximum absolute atomic E-state index is 12.2. The van der Waals surface area contributed by atoms with Crippen molar-refractivity contribution in [3.63, 3.8) is 0 Å². The number of esters is 1. The van der Waals surface area contributed by atoms with Crippen LogP contribution in [0.2, 0.25) is 0 Å². The van der Waals surface area contributed by atoms with E-state index in [1.807, 2.05) is 11.6 Å². The van der Waals surface area contributed by atoms with Crippen molar-refractivity contribution in [3.05, 3.63) is 6.33 Å². The van der Waals surface area contributed by atoms with Crippen molar-refractivity contribution in [2.45, 2.75) is 54.1 Å². The molecule has 1 aromatic heterocycles. The van der Waals surface area contributed by atoms with Crippen LogP contribution in [0.15, 0.2) is 11.5 Å². The number of methoxy groups -OCH3 is 1. The molecule has 0 spiro atoms. The molecule has 2 unspecified atom stereocenters. The molecule has 2 fully saturated rings. The van der Waals surface area contributed by atoms with E-state index in [4.69, 9.17) is 4.74 Å². The van der Waals surface area contributed by atoms with Gasteiger partial charge in [0.1, 0.15) is 11.9 Å². The number of nitrogens with one attached hydrogen (secondary N) is 1. The highest BCUT2D eigenvalue weighted by Crippen LogP contribution is 2.41. The fourth-order valence-corrected chi connectivity index (χ4v) is 4.03. The second-order valence-electron chi connectivity index (χ2n) is 5.70. The molecule has 2 aliphatic carbocycles. The van der Waals surface area contributed by atoms with Crippen molar-refractivity contribution in [3.8, 4) is 0 Å². The molecule has 0 aliphatic heterocycles. The Morgan fingerprint density at radius 2 is 2.35 bits per heavy atom. The van der Waals surface area contributed by atoms with Gasteiger partial charge in [0.05, 0.1) is 7.11 Å². The minimum absolute atomic E-state index is 0.120. The summed E-state index contributed by atoms with van der Waals surface area (Å²) in [6, 6.07) is 0.493. The molecule has 20 heavy (non-hydrogen) atoms. The van der Waals surface area contributed by atoms with Gasteiger partial charge in [-0.25, -0.2) is 0 Å². The number of rotatable bonds is 5. The van der Waals surface area contributed by atoms with Crippen LogP contribution in [0, 0.1) is 0 Å². The summed E-state index contributed by atoms with van der Waals surface area (Å²) in [5.74, 6) is -0.120. The Bertz CT molecular complexity index is 502. The molecule has 0 amide bonds. The van der Waals surface area contributed by atoms with Crippen LogP contribution in [0.3, 0.4) is 0 Å². The number of carbonyl (C=O) groups is 1. The van der Waals surface area contributed by atoms with Gasteiger partial charge in [-0.3, -0.25) is 10.1 Å². The van der Waals surface area contributed by atoms with E-state index in [2.05, 4.69) is 15.5 Å². The first-order valence-corrected chi connectivity index (χ1v) is 7.88. The van der Waals surface area contributed by atoms with Gasteiger partial charge in [0.2, 0.25) is 0 Å². The molecule has 2 saturated carbocycles. The Labute approximate surface area is 122 Å². The van der Waals surface area contributed by atoms with Gasteiger partial charge in [-0.1, -0.05) is 11.8 Å². The largest absolute Gasteiger partial charge is 0.468 e. The second kappa shape index (κ2) is 5.37. The number of aromatic nitrogens is 3. The number of hydrogen-bond donors (Lipinski definition) is 1. The quantitative estimate of drug-likeness (QED) is 0.821. The van der Waals surface area contributed by atoms with E-state index < -0.39 is 5.54 Å². The van der Waals surface area contributed by atoms with Crippen LogP contribution in [-0.2, 0) is 16.6 Å². The predicted octanol–water partition coefficient (Wildman–Crippen LogP) is 1.12. The summed E-state index contributed by atoms with van der Waals surface area (Å²) < 4.78 is 6.94. The van der Waals surface area contributed by atoms with Crippen LogP contribution in [0.25, 0.3) is 0 Å². The zero-order valence-electron chi connectivity index (χ0n) is 11.8. The maximum Gasteiger partial charge on any atom is 0.326 e. The van der Waals surface area contributed by atoms with E-state index in [-0.39, 0.29) is 5.97 Å². The van der Waals surface area contributed by atoms with Crippen molar-refractivity contribution >= 4 is 17.7 Å². The average Bonchev–Trinajstić information content (AvgIpc) is 3.02. The van der Waals surface area contributed by atoms with Crippen LogP contribution in [0.1, 0.15) is 32.1 Å². The smallest absolute Gasteiger partial charge is 0.326 e. The minimum Gasteiger partial charge on any atom is -0.468 e. The lowest BCUT2D eigenvalue weighted by molar-refractivity contribution is -0.148. The number of ether oxygens (including phenoxy) is 1. The zero-order chi connectivity index (χ0) is 14.2. The maximum atomic E-state index is 12.2. The van der Waals surface area contributed by atoms with Crippen LogP contribution in [0.4, 0.5) is 0 Å². The highest BCUT2D eigenvalue weighted by atomic mass is 32.2. The molecule has 1 N–H and O–H groups in total. The number of thioether (sulfide) groups is 1. The fraction of sp³-hybridized carbons (Fsp3) is 0.769. The van der Waals surface area contributed by atoms with Crippen molar-refractivity contribution in [2.75, 3.05) is 7.11 Å². The van der Waals surface area contributed by atoms with Gasteiger partial charge < -0.3 is 9.30 Å². The molecule has 1 heterocycles. The van der Waals surface area contributed by atoms with E-state index in [9.17, 15) is 4.79 Å². The summed E-state index contributed by atoms with van der Waals surface area (Å²) in [5.41, 5.74) is -0.494. The van der Waals surface area contributed by atoms with Gasteiger partial charge in [-0.2, -0.15) is 0 Å². The minimum atomic E-state index is -0.494. The molecule has 0 radical (unpaired) electrons. The Hall–Kier alpha value is -1.08. The SMILES string of the molecule is COC(=O)C1(NC2CC2)CCC(Sc2nncn2C)C1. The topological polar surface area (TPSA) is 69.0 Å². The fourth-order valence-electron chi connectivity index (χ4n) is 2.82. The van der Waals surface area contributed by atoms with Crippen LogP contribution in [0.5, 0.6) is 0 Å². The monoisotopic (exact) mass is 296 g/mol. The summed E-state index contributed by atoms with van der Waals surface area (Å²) >= 11 is 1.70. The molecule has 1 aromatic rings. The lowest BCUT2D eigenvalue weighted by Crippen LogP contribution is -2.52. The summed E-state index contributed by atoms with van der Waals surface area (Å²) in [4.78, 5) is 12.2. The number of carbonyl (C=O) groups excluding carboxylic acids is 1. The summed E-state index contributed by atoms with van der Waals surface area (Å²) in [6.07, 6.45) is 6.67. The van der Waals surface area contributed by atoms with Crippen molar-refractivity contribution < 1.29 is 9.53 Å². The second-order valence-corrected chi connectivity index (χ2v) is 6.97. The highest BCUT2D eigenvalue weighted by molar-refractivity contribution is 7.99. The molecule has 7 heteroatoms. The molecule has 3 rings (SSSR count). The van der Waals surface area contributed by atoms with Crippen LogP contribution >= 0.6 is 11.8 Å². The lowest BCUT2D eigenvalue weighted by Gasteiger charge is -2.27. The Morgan fingerprint density at radius 1 is 1.55 bits per heavy atom. The Morgan fingerprint density at radius 3 is 2.95 bits per heavy atom. The number of aryl methyl sites for hydroxylation is 1. The van der Waals surface area contributed by atoms with E-state index in [0.717, 1.165) is 24.4 Å². The first-order chi connectivity index (χ1) is 9.63. The van der Waals surface area contributed by atoms with Crippen molar-refractivity contribution in [1.82, 2.24) is 20.1 Å². The average molecular weight is 296 g/mol. The van der Waals surface area contributed by atoms with Gasteiger partial charge in [-0.05, 0) is 32.1 Å². The number of hydrogen-bond acceptors (Lipinski definition) is 6. The molecule has 6 nitrogen and oxygen atoms in total. The first-order valence-electron chi connectivity index (χ1n) is 7.00. The van der Waals surface area contributed by atoms with E-state index in [1.54, 1.807) is 18.1 Å².